The second kappa shape index (κ2) is 2.98. The summed E-state index contributed by atoms with van der Waals surface area (Å²) in [6, 6.07) is 0. The summed E-state index contributed by atoms with van der Waals surface area (Å²) in [4.78, 5) is 0.300. The van der Waals surface area contributed by atoms with Crippen molar-refractivity contribution < 1.29 is 14.7 Å². The molecule has 0 unspecified atom stereocenters. The van der Waals surface area contributed by atoms with E-state index in [0.29, 0.717) is 29.2 Å². The fourth-order valence-corrected chi connectivity index (χ4v) is 1.38. The molecular weight excluding hydrogens is 190 g/mol. The van der Waals surface area contributed by atoms with Crippen LogP contribution in [0, 0.1) is 5.21 Å². The van der Waals surface area contributed by atoms with Gasteiger partial charge in [0, 0.05) is 18.0 Å². The molecule has 1 aromatic heterocycles. The van der Waals surface area contributed by atoms with Gasteiger partial charge in [-0.1, -0.05) is 5.16 Å². The molecule has 3 N–H and O–H groups in total. The lowest BCUT2D eigenvalue weighted by molar-refractivity contribution is -0.807. The van der Waals surface area contributed by atoms with Crippen molar-refractivity contribution in [1.29, 1.82) is 0 Å². The topological polar surface area (TPSA) is 124 Å². The van der Waals surface area contributed by atoms with Gasteiger partial charge < -0.3 is 16.3 Å². The van der Waals surface area contributed by atoms with Crippen LogP contribution in [0.2, 0.25) is 0 Å². The van der Waals surface area contributed by atoms with Crippen molar-refractivity contribution in [3.05, 3.63) is 16.6 Å². The molecule has 0 amide bonds. The average molecular weight is 197 g/mol. The molecule has 1 aliphatic rings. The number of hydrogen-bond donors (Lipinski definition) is 2. The summed E-state index contributed by atoms with van der Waals surface area (Å²) in [5, 5.41) is 29.5. The van der Waals surface area contributed by atoms with Crippen molar-refractivity contribution in [2.24, 2.45) is 16.1 Å². The van der Waals surface area contributed by atoms with Crippen LogP contribution in [-0.4, -0.2) is 21.8 Å². The number of nitrogens with zero attached hydrogens (tertiary/aromatic N) is 4. The minimum absolute atomic E-state index is 0.187. The highest BCUT2D eigenvalue weighted by atomic mass is 16.8. The van der Waals surface area contributed by atoms with Gasteiger partial charge in [-0.3, -0.25) is 4.63 Å². The maximum absolute atomic E-state index is 11.0. The van der Waals surface area contributed by atoms with E-state index in [1.54, 1.807) is 0 Å². The Labute approximate surface area is 77.8 Å². The molecule has 0 saturated heterocycles. The van der Waals surface area contributed by atoms with Crippen LogP contribution in [-0.2, 0) is 6.42 Å². The van der Waals surface area contributed by atoms with Gasteiger partial charge in [-0.25, -0.2) is 0 Å². The van der Waals surface area contributed by atoms with Gasteiger partial charge in [0.15, 0.2) is 5.71 Å². The summed E-state index contributed by atoms with van der Waals surface area (Å²) in [6.45, 7) is 0. The first-order valence-corrected chi connectivity index (χ1v) is 3.86. The van der Waals surface area contributed by atoms with Gasteiger partial charge in [-0.05, 0) is 4.90 Å². The summed E-state index contributed by atoms with van der Waals surface area (Å²) >= 11 is 0. The minimum atomic E-state index is 0.187. The van der Waals surface area contributed by atoms with Gasteiger partial charge in [-0.15, -0.1) is 0 Å². The highest BCUT2D eigenvalue weighted by Crippen LogP contribution is 2.14. The van der Waals surface area contributed by atoms with Gasteiger partial charge in [0.25, 0.3) is 5.69 Å². The maximum Gasteiger partial charge on any atom is 0.273 e. The molecule has 74 valence electrons. The van der Waals surface area contributed by atoms with E-state index in [1.807, 2.05) is 0 Å². The molecule has 0 atom stereocenters. The van der Waals surface area contributed by atoms with Crippen molar-refractivity contribution in [1.82, 2.24) is 5.16 Å². The number of nitrogens with two attached hydrogens (primary N) is 1. The Morgan fingerprint density at radius 2 is 2.36 bits per heavy atom. The van der Waals surface area contributed by atoms with Crippen LogP contribution < -0.4 is 10.7 Å². The normalized spacial score (nSPS) is 21.4. The first kappa shape index (κ1) is 8.48. The smallest absolute Gasteiger partial charge is 0.273 e. The fraction of sp³-hybridized carbons (Fsp3) is 0.333. The van der Waals surface area contributed by atoms with Gasteiger partial charge in [0.1, 0.15) is 5.71 Å². The molecule has 0 saturated carbocycles. The van der Waals surface area contributed by atoms with E-state index >= 15 is 0 Å². The van der Waals surface area contributed by atoms with Crippen LogP contribution in [0.4, 0.5) is 0 Å². The van der Waals surface area contributed by atoms with Crippen LogP contribution in [0.3, 0.4) is 0 Å². The Kier molecular flexibility index (Phi) is 1.80. The van der Waals surface area contributed by atoms with Gasteiger partial charge in [-0.2, -0.15) is 5.10 Å². The molecule has 8 heteroatoms. The molecule has 1 aromatic rings. The Balaban J connectivity index is 2.57. The Morgan fingerprint density at radius 1 is 1.57 bits per heavy atom. The summed E-state index contributed by atoms with van der Waals surface area (Å²) in [7, 11) is 0. The lowest BCUT2D eigenvalue weighted by Crippen LogP contribution is -2.34. The Morgan fingerprint density at radius 3 is 3.00 bits per heavy atom. The Hall–Kier alpha value is -2.12. The van der Waals surface area contributed by atoms with Crippen LogP contribution >= 0.6 is 0 Å². The second-order valence-electron chi connectivity index (χ2n) is 2.75. The van der Waals surface area contributed by atoms with Crippen molar-refractivity contribution in [3.8, 4) is 0 Å². The zero-order valence-electron chi connectivity index (χ0n) is 7.04. The van der Waals surface area contributed by atoms with Crippen LogP contribution in [0.1, 0.15) is 17.8 Å². The van der Waals surface area contributed by atoms with E-state index in [-0.39, 0.29) is 11.4 Å². The Bertz CT molecular complexity index is 421. The lowest BCUT2D eigenvalue weighted by atomic mass is 9.97. The molecule has 14 heavy (non-hydrogen) atoms. The standard InChI is InChI=1S/C6H7N5O3/c7-8-5-3(9-12)1-2-4-6(5)10-14-11(4)13/h12H,1-2,7H2/b8-5-,9-3-. The van der Waals surface area contributed by atoms with E-state index in [9.17, 15) is 5.21 Å². The first-order chi connectivity index (χ1) is 6.77. The van der Waals surface area contributed by atoms with E-state index in [0.717, 1.165) is 0 Å². The van der Waals surface area contributed by atoms with Crippen molar-refractivity contribution in [2.75, 3.05) is 0 Å². The predicted octanol–water partition coefficient (Wildman–Crippen LogP) is -1.25. The van der Waals surface area contributed by atoms with Crippen molar-refractivity contribution in [3.63, 3.8) is 0 Å². The third kappa shape index (κ3) is 1.00. The zero-order chi connectivity index (χ0) is 10.1. The summed E-state index contributed by atoms with van der Waals surface area (Å²) in [6.07, 6.45) is 0.768. The lowest BCUT2D eigenvalue weighted by Gasteiger charge is -2.07. The molecule has 0 bridgehead atoms. The molecule has 0 spiro atoms. The highest BCUT2D eigenvalue weighted by molar-refractivity contribution is 6.48. The monoisotopic (exact) mass is 197 g/mol. The van der Waals surface area contributed by atoms with Gasteiger partial charge in [0.2, 0.25) is 5.69 Å². The quantitative estimate of drug-likeness (QED) is 0.232. The molecule has 1 aliphatic carbocycles. The summed E-state index contributed by atoms with van der Waals surface area (Å²) < 4.78 is 4.38. The van der Waals surface area contributed by atoms with Gasteiger partial charge >= 0.3 is 0 Å². The van der Waals surface area contributed by atoms with E-state index in [1.165, 1.54) is 0 Å². The fourth-order valence-electron chi connectivity index (χ4n) is 1.38. The molecule has 2 rings (SSSR count). The average Bonchev–Trinajstić information content (AvgIpc) is 2.59. The number of oxime groups is 1. The van der Waals surface area contributed by atoms with Crippen molar-refractivity contribution in [2.45, 2.75) is 12.8 Å². The SMILES string of the molecule is N/N=C1/C(=N\O)CCc2c1no[n+]2[O-]. The second-order valence-corrected chi connectivity index (χ2v) is 2.75. The van der Waals surface area contributed by atoms with Crippen LogP contribution in [0.15, 0.2) is 14.9 Å². The molecule has 0 radical (unpaired) electrons. The van der Waals surface area contributed by atoms with Gasteiger partial charge in [0.05, 0.1) is 0 Å². The number of aromatic nitrogens is 2. The molecule has 0 fully saturated rings. The summed E-state index contributed by atoms with van der Waals surface area (Å²) in [5.41, 5.74) is 1.07. The molecular formula is C6H7N5O3. The van der Waals surface area contributed by atoms with Crippen LogP contribution in [0.25, 0.3) is 0 Å². The number of rotatable bonds is 0. The molecule has 1 heterocycles. The number of hydrogen-bond acceptors (Lipinski definition) is 7. The minimum Gasteiger partial charge on any atom is -0.411 e. The third-order valence-electron chi connectivity index (χ3n) is 2.05. The zero-order valence-corrected chi connectivity index (χ0v) is 7.04. The van der Waals surface area contributed by atoms with Crippen molar-refractivity contribution >= 4 is 11.4 Å². The molecule has 8 nitrogen and oxygen atoms in total. The highest BCUT2D eigenvalue weighted by Gasteiger charge is 2.33. The largest absolute Gasteiger partial charge is 0.411 e. The number of hydrazone groups is 1. The number of fused-ring (bicyclic) bond motifs is 1. The van der Waals surface area contributed by atoms with E-state index < -0.39 is 0 Å². The van der Waals surface area contributed by atoms with Crippen LogP contribution in [0.5, 0.6) is 0 Å². The molecule has 0 aromatic carbocycles. The predicted molar refractivity (Wildman–Crippen MR) is 43.7 cm³/mol. The van der Waals surface area contributed by atoms with E-state index in [2.05, 4.69) is 20.0 Å². The summed E-state index contributed by atoms with van der Waals surface area (Å²) in [5.74, 6) is 5.10. The maximum atomic E-state index is 11.0. The third-order valence-corrected chi connectivity index (χ3v) is 2.05. The van der Waals surface area contributed by atoms with E-state index in [4.69, 9.17) is 11.0 Å². The first-order valence-electron chi connectivity index (χ1n) is 3.86. The molecule has 0 aliphatic heterocycles.